The van der Waals surface area contributed by atoms with E-state index in [4.69, 9.17) is 4.74 Å². The smallest absolute Gasteiger partial charge is 0.234 e. The van der Waals surface area contributed by atoms with Crippen LogP contribution in [0.15, 0.2) is 12.4 Å². The quantitative estimate of drug-likeness (QED) is 0.871. The second kappa shape index (κ2) is 5.84. The third-order valence-corrected chi connectivity index (χ3v) is 3.15. The van der Waals surface area contributed by atoms with Gasteiger partial charge in [-0.25, -0.2) is 0 Å². The van der Waals surface area contributed by atoms with Crippen LogP contribution >= 0.6 is 0 Å². The van der Waals surface area contributed by atoms with Gasteiger partial charge < -0.3 is 10.1 Å². The van der Waals surface area contributed by atoms with Gasteiger partial charge in [0, 0.05) is 6.54 Å². The van der Waals surface area contributed by atoms with E-state index in [1.54, 1.807) is 12.4 Å². The summed E-state index contributed by atoms with van der Waals surface area (Å²) in [5.41, 5.74) is 0. The molecule has 1 N–H and O–H groups in total. The van der Waals surface area contributed by atoms with Crippen molar-refractivity contribution in [3.63, 3.8) is 0 Å². The van der Waals surface area contributed by atoms with Crippen molar-refractivity contribution in [2.45, 2.75) is 45.6 Å². The predicted molar refractivity (Wildman–Crippen MR) is 68.2 cm³/mol. The van der Waals surface area contributed by atoms with Gasteiger partial charge in [-0.1, -0.05) is 13.3 Å². The van der Waals surface area contributed by atoms with Crippen molar-refractivity contribution in [1.29, 1.82) is 0 Å². The molecule has 1 fully saturated rings. The van der Waals surface area contributed by atoms with Crippen LogP contribution in [0.25, 0.3) is 0 Å². The summed E-state index contributed by atoms with van der Waals surface area (Å²) in [6, 6.07) is 0. The summed E-state index contributed by atoms with van der Waals surface area (Å²) in [6.07, 6.45) is 8.57. The lowest BCUT2D eigenvalue weighted by Gasteiger charge is -2.26. The van der Waals surface area contributed by atoms with Crippen LogP contribution in [-0.2, 0) is 0 Å². The Morgan fingerprint density at radius 3 is 3.06 bits per heavy atom. The molecule has 2 rings (SSSR count). The zero-order valence-electron chi connectivity index (χ0n) is 10.6. The first-order chi connectivity index (χ1) is 8.28. The topological polar surface area (TPSA) is 47.0 Å². The molecule has 1 saturated carbocycles. The standard InChI is InChI=1S/C13H21N3O/c1-3-15-12-8-14-9-13(16-12)17-11-6-4-5-10(2)7-11/h8-11H,3-7H2,1-2H3,(H,15,16). The molecule has 1 heterocycles. The Kier molecular flexibility index (Phi) is 4.18. The van der Waals surface area contributed by atoms with Crippen LogP contribution in [0.2, 0.25) is 0 Å². The highest BCUT2D eigenvalue weighted by Crippen LogP contribution is 2.26. The Morgan fingerprint density at radius 2 is 2.29 bits per heavy atom. The molecular formula is C13H21N3O. The molecule has 1 aliphatic carbocycles. The first kappa shape index (κ1) is 12.1. The average Bonchev–Trinajstić information content (AvgIpc) is 2.30. The normalized spacial score (nSPS) is 24.4. The highest BCUT2D eigenvalue weighted by molar-refractivity contribution is 5.32. The van der Waals surface area contributed by atoms with Gasteiger partial charge in [0.2, 0.25) is 5.88 Å². The molecule has 0 radical (unpaired) electrons. The van der Waals surface area contributed by atoms with Crippen LogP contribution in [0, 0.1) is 5.92 Å². The maximum absolute atomic E-state index is 5.90. The van der Waals surface area contributed by atoms with Crippen LogP contribution in [0.5, 0.6) is 5.88 Å². The van der Waals surface area contributed by atoms with E-state index >= 15 is 0 Å². The molecular weight excluding hydrogens is 214 g/mol. The number of hydrogen-bond donors (Lipinski definition) is 1. The lowest BCUT2D eigenvalue weighted by atomic mass is 9.89. The molecule has 1 aromatic rings. The maximum Gasteiger partial charge on any atom is 0.234 e. The second-order valence-electron chi connectivity index (χ2n) is 4.78. The fraction of sp³-hybridized carbons (Fsp3) is 0.692. The van der Waals surface area contributed by atoms with Crippen LogP contribution in [0.4, 0.5) is 5.82 Å². The van der Waals surface area contributed by atoms with Crippen molar-refractivity contribution in [2.75, 3.05) is 11.9 Å². The van der Waals surface area contributed by atoms with Gasteiger partial charge >= 0.3 is 0 Å². The fourth-order valence-corrected chi connectivity index (χ4v) is 2.33. The third kappa shape index (κ3) is 3.58. The van der Waals surface area contributed by atoms with Gasteiger partial charge in [0.1, 0.15) is 11.9 Å². The van der Waals surface area contributed by atoms with E-state index in [-0.39, 0.29) is 0 Å². The van der Waals surface area contributed by atoms with Gasteiger partial charge in [0.05, 0.1) is 12.4 Å². The average molecular weight is 235 g/mol. The van der Waals surface area contributed by atoms with E-state index in [9.17, 15) is 0 Å². The van der Waals surface area contributed by atoms with E-state index in [2.05, 4.69) is 22.2 Å². The first-order valence-corrected chi connectivity index (χ1v) is 6.50. The molecule has 0 saturated heterocycles. The fourth-order valence-electron chi connectivity index (χ4n) is 2.33. The summed E-state index contributed by atoms with van der Waals surface area (Å²) < 4.78 is 5.90. The largest absolute Gasteiger partial charge is 0.473 e. The molecule has 2 atom stereocenters. The van der Waals surface area contributed by atoms with Crippen molar-refractivity contribution >= 4 is 5.82 Å². The van der Waals surface area contributed by atoms with Gasteiger partial charge in [-0.15, -0.1) is 0 Å². The van der Waals surface area contributed by atoms with Crippen molar-refractivity contribution in [1.82, 2.24) is 9.97 Å². The molecule has 0 amide bonds. The minimum atomic E-state index is 0.310. The van der Waals surface area contributed by atoms with E-state index < -0.39 is 0 Å². The molecule has 1 aliphatic rings. The zero-order valence-corrected chi connectivity index (χ0v) is 10.6. The zero-order chi connectivity index (χ0) is 12.1. The Hall–Kier alpha value is -1.32. The molecule has 94 valence electrons. The lowest BCUT2D eigenvalue weighted by Crippen LogP contribution is -2.24. The number of nitrogens with one attached hydrogen (secondary N) is 1. The predicted octanol–water partition coefficient (Wildman–Crippen LogP) is 2.87. The van der Waals surface area contributed by atoms with E-state index in [1.807, 2.05) is 6.92 Å². The van der Waals surface area contributed by atoms with Crippen molar-refractivity contribution in [3.8, 4) is 5.88 Å². The van der Waals surface area contributed by atoms with Gasteiger partial charge in [-0.2, -0.15) is 4.98 Å². The first-order valence-electron chi connectivity index (χ1n) is 6.50. The number of aromatic nitrogens is 2. The summed E-state index contributed by atoms with van der Waals surface area (Å²) in [4.78, 5) is 8.52. The molecule has 0 aliphatic heterocycles. The molecule has 0 aromatic carbocycles. The third-order valence-electron chi connectivity index (χ3n) is 3.15. The molecule has 1 aromatic heterocycles. The Labute approximate surface area is 103 Å². The Balaban J connectivity index is 1.95. The summed E-state index contributed by atoms with van der Waals surface area (Å²) >= 11 is 0. The Bertz CT molecular complexity index is 356. The number of rotatable bonds is 4. The molecule has 2 unspecified atom stereocenters. The molecule has 4 nitrogen and oxygen atoms in total. The van der Waals surface area contributed by atoms with Gasteiger partial charge in [0.25, 0.3) is 0 Å². The minimum absolute atomic E-state index is 0.310. The van der Waals surface area contributed by atoms with Crippen LogP contribution in [0.3, 0.4) is 0 Å². The van der Waals surface area contributed by atoms with Gasteiger partial charge in [-0.05, 0) is 32.1 Å². The summed E-state index contributed by atoms with van der Waals surface area (Å²) in [5, 5.41) is 3.14. The van der Waals surface area contributed by atoms with Crippen LogP contribution in [0.1, 0.15) is 39.5 Å². The number of nitrogens with zero attached hydrogens (tertiary/aromatic N) is 2. The van der Waals surface area contributed by atoms with Crippen LogP contribution < -0.4 is 10.1 Å². The molecule has 17 heavy (non-hydrogen) atoms. The van der Waals surface area contributed by atoms with Crippen molar-refractivity contribution in [3.05, 3.63) is 12.4 Å². The van der Waals surface area contributed by atoms with Crippen LogP contribution in [-0.4, -0.2) is 22.6 Å². The van der Waals surface area contributed by atoms with Crippen molar-refractivity contribution in [2.24, 2.45) is 5.92 Å². The van der Waals surface area contributed by atoms with E-state index in [1.165, 1.54) is 12.8 Å². The van der Waals surface area contributed by atoms with Crippen molar-refractivity contribution < 1.29 is 4.74 Å². The number of anilines is 1. The monoisotopic (exact) mass is 235 g/mol. The van der Waals surface area contributed by atoms with E-state index in [0.29, 0.717) is 12.0 Å². The van der Waals surface area contributed by atoms with Gasteiger partial charge in [-0.3, -0.25) is 4.98 Å². The maximum atomic E-state index is 5.90. The SMILES string of the molecule is CCNc1cncc(OC2CCCC(C)C2)n1. The summed E-state index contributed by atoms with van der Waals surface area (Å²) in [7, 11) is 0. The molecule has 0 bridgehead atoms. The number of ether oxygens (including phenoxy) is 1. The molecule has 0 spiro atoms. The highest BCUT2D eigenvalue weighted by Gasteiger charge is 2.20. The van der Waals surface area contributed by atoms with Gasteiger partial charge in [0.15, 0.2) is 0 Å². The Morgan fingerprint density at radius 1 is 1.41 bits per heavy atom. The second-order valence-corrected chi connectivity index (χ2v) is 4.78. The lowest BCUT2D eigenvalue weighted by molar-refractivity contribution is 0.123. The van der Waals surface area contributed by atoms with E-state index in [0.717, 1.165) is 31.1 Å². The summed E-state index contributed by atoms with van der Waals surface area (Å²) in [5.74, 6) is 2.19. The molecule has 4 heteroatoms. The number of hydrogen-bond acceptors (Lipinski definition) is 4. The summed E-state index contributed by atoms with van der Waals surface area (Å²) in [6.45, 7) is 5.17. The minimum Gasteiger partial charge on any atom is -0.473 e. The highest BCUT2D eigenvalue weighted by atomic mass is 16.5.